The largest absolute Gasteiger partial charge is 0.497 e. The zero-order chi connectivity index (χ0) is 23.1. The van der Waals surface area contributed by atoms with Gasteiger partial charge in [-0.2, -0.15) is 4.98 Å². The van der Waals surface area contributed by atoms with Crippen molar-refractivity contribution < 1.29 is 13.2 Å². The summed E-state index contributed by atoms with van der Waals surface area (Å²) in [4.78, 5) is 9.25. The number of nitrogens with zero attached hydrogens (tertiary/aromatic N) is 2. The summed E-state index contributed by atoms with van der Waals surface area (Å²) in [7, 11) is -2.08. The number of ether oxygens (including phenoxy) is 1. The van der Waals surface area contributed by atoms with Crippen LogP contribution < -0.4 is 20.1 Å². The number of aromatic nitrogens is 2. The van der Waals surface area contributed by atoms with Crippen molar-refractivity contribution in [2.45, 2.75) is 31.6 Å². The van der Waals surface area contributed by atoms with Gasteiger partial charge in [-0.15, -0.1) is 0 Å². The van der Waals surface area contributed by atoms with Crippen LogP contribution in [0.25, 0.3) is 0 Å². The van der Waals surface area contributed by atoms with Crippen molar-refractivity contribution in [3.8, 4) is 5.75 Å². The van der Waals surface area contributed by atoms with Crippen LogP contribution in [0.1, 0.15) is 31.0 Å². The number of hydrogen-bond donors (Lipinski definition) is 3. The molecule has 0 radical (unpaired) electrons. The Hall–Kier alpha value is -3.17. The lowest BCUT2D eigenvalue weighted by molar-refractivity contribution is 0.414. The average molecular weight is 456 g/mol. The lowest BCUT2D eigenvalue weighted by atomic mass is 10.1. The molecule has 0 aliphatic rings. The zero-order valence-corrected chi connectivity index (χ0v) is 19.5. The fraction of sp³-hybridized carbons (Fsp3) is 0.304. The van der Waals surface area contributed by atoms with Crippen LogP contribution in [0.5, 0.6) is 5.75 Å². The van der Waals surface area contributed by atoms with Crippen molar-refractivity contribution in [1.82, 2.24) is 14.7 Å². The van der Waals surface area contributed by atoms with Gasteiger partial charge in [0, 0.05) is 24.8 Å². The Labute approximate surface area is 189 Å². The molecule has 0 aliphatic heterocycles. The average Bonchev–Trinajstić information content (AvgIpc) is 2.78. The van der Waals surface area contributed by atoms with Crippen molar-refractivity contribution in [3.63, 3.8) is 0 Å². The van der Waals surface area contributed by atoms with E-state index in [9.17, 15) is 8.42 Å². The van der Waals surface area contributed by atoms with Crippen molar-refractivity contribution in [1.29, 1.82) is 0 Å². The van der Waals surface area contributed by atoms with Gasteiger partial charge in [-0.1, -0.05) is 31.5 Å². The lowest BCUT2D eigenvalue weighted by Gasteiger charge is -2.13. The molecule has 0 spiro atoms. The molecule has 3 aromatic rings. The number of hydrogen-bond acceptors (Lipinski definition) is 7. The summed E-state index contributed by atoms with van der Waals surface area (Å²) in [6.45, 7) is 6.68. The molecule has 1 heterocycles. The minimum Gasteiger partial charge on any atom is -0.497 e. The zero-order valence-electron chi connectivity index (χ0n) is 18.7. The Kier molecular flexibility index (Phi) is 7.66. The molecule has 0 atom stereocenters. The number of nitrogens with one attached hydrogen (secondary N) is 3. The summed E-state index contributed by atoms with van der Waals surface area (Å²) in [5, 5.41) is 6.41. The standard InChI is InChI=1S/C23H29N5O3S/c1-16(2)21-15-22(26-18-7-5-17(3)6-8-18)28-23(27-21)24-13-14-25-32(29,30)20-11-9-19(31-4)10-12-20/h5-12,15-16,25H,13-14H2,1-4H3,(H2,24,26,27,28). The predicted octanol–water partition coefficient (Wildman–Crippen LogP) is 4.05. The van der Waals surface area contributed by atoms with Gasteiger partial charge in [0.05, 0.1) is 17.7 Å². The normalized spacial score (nSPS) is 11.4. The number of methoxy groups -OCH3 is 1. The van der Waals surface area contributed by atoms with E-state index in [1.807, 2.05) is 37.3 Å². The summed E-state index contributed by atoms with van der Waals surface area (Å²) in [5.74, 6) is 1.93. The van der Waals surface area contributed by atoms with Gasteiger partial charge in [0.1, 0.15) is 11.6 Å². The van der Waals surface area contributed by atoms with Gasteiger partial charge in [-0.05, 0) is 49.2 Å². The second-order valence-electron chi connectivity index (χ2n) is 7.65. The molecular weight excluding hydrogens is 426 g/mol. The summed E-state index contributed by atoms with van der Waals surface area (Å²) >= 11 is 0. The molecule has 0 bridgehead atoms. The van der Waals surface area contributed by atoms with Crippen LogP contribution >= 0.6 is 0 Å². The molecule has 0 saturated carbocycles. The smallest absolute Gasteiger partial charge is 0.240 e. The summed E-state index contributed by atoms with van der Waals surface area (Å²) in [5.41, 5.74) is 3.00. The van der Waals surface area contributed by atoms with E-state index >= 15 is 0 Å². The quantitative estimate of drug-likeness (QED) is 0.396. The molecular formula is C23H29N5O3S. The lowest BCUT2D eigenvalue weighted by Crippen LogP contribution is -2.29. The first-order valence-electron chi connectivity index (χ1n) is 10.4. The van der Waals surface area contributed by atoms with Gasteiger partial charge in [0.2, 0.25) is 16.0 Å². The van der Waals surface area contributed by atoms with E-state index in [1.165, 1.54) is 24.8 Å². The molecule has 0 amide bonds. The number of sulfonamides is 1. The SMILES string of the molecule is COc1ccc(S(=O)(=O)NCCNc2nc(Nc3ccc(C)cc3)cc(C(C)C)n2)cc1. The van der Waals surface area contributed by atoms with E-state index in [-0.39, 0.29) is 17.4 Å². The molecule has 3 N–H and O–H groups in total. The Morgan fingerprint density at radius 3 is 2.28 bits per heavy atom. The highest BCUT2D eigenvalue weighted by molar-refractivity contribution is 7.89. The predicted molar refractivity (Wildman–Crippen MR) is 127 cm³/mol. The maximum absolute atomic E-state index is 12.4. The molecule has 1 aromatic heterocycles. The molecule has 3 rings (SSSR count). The molecule has 0 saturated heterocycles. The Morgan fingerprint density at radius 1 is 0.969 bits per heavy atom. The van der Waals surface area contributed by atoms with E-state index < -0.39 is 10.0 Å². The van der Waals surface area contributed by atoms with Crippen LogP contribution in [0.2, 0.25) is 0 Å². The first-order valence-corrected chi connectivity index (χ1v) is 11.9. The third kappa shape index (κ3) is 6.41. The first kappa shape index (κ1) is 23.5. The fourth-order valence-corrected chi connectivity index (χ4v) is 3.92. The van der Waals surface area contributed by atoms with E-state index in [4.69, 9.17) is 4.74 Å². The highest BCUT2D eigenvalue weighted by Crippen LogP contribution is 2.21. The topological polar surface area (TPSA) is 105 Å². The molecule has 0 aliphatic carbocycles. The van der Waals surface area contributed by atoms with Gasteiger partial charge >= 0.3 is 0 Å². The number of anilines is 3. The summed E-state index contributed by atoms with van der Waals surface area (Å²) in [6, 6.07) is 16.2. The minimum atomic E-state index is -3.61. The van der Waals surface area contributed by atoms with Crippen molar-refractivity contribution >= 4 is 27.5 Å². The molecule has 2 aromatic carbocycles. The van der Waals surface area contributed by atoms with E-state index in [0.29, 0.717) is 24.1 Å². The van der Waals surface area contributed by atoms with Crippen LogP contribution in [0, 0.1) is 6.92 Å². The molecule has 0 fully saturated rings. The number of benzene rings is 2. The highest BCUT2D eigenvalue weighted by Gasteiger charge is 2.14. The van der Waals surface area contributed by atoms with Crippen molar-refractivity contribution in [2.24, 2.45) is 0 Å². The Bertz CT molecular complexity index is 1130. The van der Waals surface area contributed by atoms with Gasteiger partial charge in [0.25, 0.3) is 0 Å². The van der Waals surface area contributed by atoms with Crippen LogP contribution in [-0.2, 0) is 10.0 Å². The number of aryl methyl sites for hydroxylation is 1. The fourth-order valence-electron chi connectivity index (χ4n) is 2.89. The summed E-state index contributed by atoms with van der Waals surface area (Å²) < 4.78 is 32.5. The third-order valence-corrected chi connectivity index (χ3v) is 6.21. The van der Waals surface area contributed by atoms with Crippen LogP contribution in [0.3, 0.4) is 0 Å². The van der Waals surface area contributed by atoms with E-state index in [1.54, 1.807) is 12.1 Å². The molecule has 170 valence electrons. The molecule has 9 heteroatoms. The van der Waals surface area contributed by atoms with Crippen LogP contribution in [0.15, 0.2) is 59.5 Å². The van der Waals surface area contributed by atoms with Crippen molar-refractivity contribution in [2.75, 3.05) is 30.8 Å². The molecule has 32 heavy (non-hydrogen) atoms. The maximum Gasteiger partial charge on any atom is 0.240 e. The summed E-state index contributed by atoms with van der Waals surface area (Å²) in [6.07, 6.45) is 0. The molecule has 0 unspecified atom stereocenters. The van der Waals surface area contributed by atoms with Gasteiger partial charge < -0.3 is 15.4 Å². The van der Waals surface area contributed by atoms with Gasteiger partial charge in [-0.25, -0.2) is 18.1 Å². The Balaban J connectivity index is 1.63. The second-order valence-corrected chi connectivity index (χ2v) is 9.41. The maximum atomic E-state index is 12.4. The van der Waals surface area contributed by atoms with E-state index in [0.717, 1.165) is 11.4 Å². The monoisotopic (exact) mass is 455 g/mol. The second kappa shape index (κ2) is 10.4. The third-order valence-electron chi connectivity index (χ3n) is 4.73. The number of rotatable bonds is 10. The molecule has 8 nitrogen and oxygen atoms in total. The van der Waals surface area contributed by atoms with Gasteiger partial charge in [0.15, 0.2) is 0 Å². The van der Waals surface area contributed by atoms with E-state index in [2.05, 4.69) is 39.2 Å². The van der Waals surface area contributed by atoms with Crippen molar-refractivity contribution in [3.05, 3.63) is 65.9 Å². The van der Waals surface area contributed by atoms with Crippen LogP contribution in [-0.4, -0.2) is 38.6 Å². The Morgan fingerprint density at radius 2 is 1.66 bits per heavy atom. The van der Waals surface area contributed by atoms with Gasteiger partial charge in [-0.3, -0.25) is 0 Å². The highest BCUT2D eigenvalue weighted by atomic mass is 32.2. The van der Waals surface area contributed by atoms with Crippen LogP contribution in [0.4, 0.5) is 17.5 Å². The first-order chi connectivity index (χ1) is 15.3. The minimum absolute atomic E-state index is 0.181.